The molecule has 0 aliphatic carbocycles. The van der Waals surface area contributed by atoms with E-state index in [9.17, 15) is 18.0 Å². The molecule has 1 atom stereocenters. The maximum absolute atomic E-state index is 11.6. The van der Waals surface area contributed by atoms with Gasteiger partial charge in [-0.3, -0.25) is 4.79 Å². The third-order valence-corrected chi connectivity index (χ3v) is 3.23. The summed E-state index contributed by atoms with van der Waals surface area (Å²) in [6.07, 6.45) is 0.974. The molecule has 1 unspecified atom stereocenters. The normalized spacial score (nSPS) is 12.7. The number of hydrogen-bond donors (Lipinski definition) is 3. The van der Waals surface area contributed by atoms with Crippen LogP contribution in [0.2, 0.25) is 0 Å². The number of sulfonamides is 1. The van der Waals surface area contributed by atoms with Gasteiger partial charge in [-0.2, -0.15) is 0 Å². The fraction of sp³-hybridized carbons (Fsp3) is 0.333. The van der Waals surface area contributed by atoms with E-state index in [0.717, 1.165) is 11.8 Å². The van der Waals surface area contributed by atoms with Crippen molar-refractivity contribution in [3.8, 4) is 0 Å². The first-order chi connectivity index (χ1) is 9.19. The smallest absolute Gasteiger partial charge is 0.335 e. The van der Waals surface area contributed by atoms with Crippen molar-refractivity contribution in [2.24, 2.45) is 0 Å². The van der Waals surface area contributed by atoms with Crippen molar-refractivity contribution in [2.75, 3.05) is 6.26 Å². The average Bonchev–Trinajstić information content (AvgIpc) is 2.34. The topological polar surface area (TPSA) is 113 Å². The van der Waals surface area contributed by atoms with Crippen LogP contribution in [0.4, 0.5) is 0 Å². The Morgan fingerprint density at radius 2 is 1.80 bits per heavy atom. The lowest BCUT2D eigenvalue weighted by atomic mass is 10.1. The van der Waals surface area contributed by atoms with Gasteiger partial charge >= 0.3 is 5.97 Å². The van der Waals surface area contributed by atoms with Crippen molar-refractivity contribution in [3.63, 3.8) is 0 Å². The van der Waals surface area contributed by atoms with Gasteiger partial charge < -0.3 is 10.4 Å². The van der Waals surface area contributed by atoms with E-state index < -0.39 is 27.9 Å². The van der Waals surface area contributed by atoms with Gasteiger partial charge in [0.2, 0.25) is 15.9 Å². The first-order valence-electron chi connectivity index (χ1n) is 5.76. The van der Waals surface area contributed by atoms with Crippen molar-refractivity contribution in [3.05, 3.63) is 35.4 Å². The molecule has 0 radical (unpaired) electrons. The standard InChI is InChI=1S/C12H16N2O5S/c1-8(14-20(2,18)19)11(15)13-7-9-3-5-10(6-4-9)12(16)17/h3-6,8,14H,7H2,1-2H3,(H,13,15)(H,16,17). The molecule has 0 heterocycles. The number of carbonyl (C=O) groups excluding carboxylic acids is 1. The van der Waals surface area contributed by atoms with E-state index in [1.54, 1.807) is 12.1 Å². The molecule has 7 nitrogen and oxygen atoms in total. The molecule has 1 aromatic carbocycles. The minimum absolute atomic E-state index is 0.159. The maximum atomic E-state index is 11.6. The van der Waals surface area contributed by atoms with Crippen molar-refractivity contribution in [2.45, 2.75) is 19.5 Å². The summed E-state index contributed by atoms with van der Waals surface area (Å²) >= 11 is 0. The molecule has 110 valence electrons. The second-order valence-electron chi connectivity index (χ2n) is 4.33. The minimum atomic E-state index is -3.44. The fourth-order valence-electron chi connectivity index (χ4n) is 1.48. The Labute approximate surface area is 117 Å². The SMILES string of the molecule is CC(NS(C)(=O)=O)C(=O)NCc1ccc(C(=O)O)cc1. The number of aromatic carboxylic acids is 1. The van der Waals surface area contributed by atoms with Gasteiger partial charge in [-0.15, -0.1) is 0 Å². The first-order valence-corrected chi connectivity index (χ1v) is 7.65. The summed E-state index contributed by atoms with van der Waals surface area (Å²) in [7, 11) is -3.44. The van der Waals surface area contributed by atoms with Crippen molar-refractivity contribution in [1.82, 2.24) is 10.0 Å². The van der Waals surface area contributed by atoms with Gasteiger partial charge in [-0.1, -0.05) is 12.1 Å². The molecule has 0 fully saturated rings. The number of hydrogen-bond acceptors (Lipinski definition) is 4. The fourth-order valence-corrected chi connectivity index (χ4v) is 2.23. The van der Waals surface area contributed by atoms with Gasteiger partial charge in [0.25, 0.3) is 0 Å². The predicted molar refractivity (Wildman–Crippen MR) is 72.7 cm³/mol. The van der Waals surface area contributed by atoms with E-state index in [1.807, 2.05) is 0 Å². The summed E-state index contributed by atoms with van der Waals surface area (Å²) in [5, 5.41) is 11.3. The molecule has 0 bridgehead atoms. The monoisotopic (exact) mass is 300 g/mol. The second-order valence-corrected chi connectivity index (χ2v) is 6.11. The summed E-state index contributed by atoms with van der Waals surface area (Å²) in [6, 6.07) is 5.16. The lowest BCUT2D eigenvalue weighted by molar-refractivity contribution is -0.122. The number of amides is 1. The summed E-state index contributed by atoms with van der Waals surface area (Å²) < 4.78 is 24.1. The number of nitrogens with one attached hydrogen (secondary N) is 2. The first kappa shape index (κ1) is 16.1. The third-order valence-electron chi connectivity index (χ3n) is 2.45. The van der Waals surface area contributed by atoms with Crippen LogP contribution < -0.4 is 10.0 Å². The van der Waals surface area contributed by atoms with E-state index in [4.69, 9.17) is 5.11 Å². The van der Waals surface area contributed by atoms with E-state index in [-0.39, 0.29) is 12.1 Å². The Balaban J connectivity index is 2.54. The number of carbonyl (C=O) groups is 2. The van der Waals surface area contributed by atoms with E-state index in [2.05, 4.69) is 10.0 Å². The predicted octanol–water partition coefficient (Wildman–Crippen LogP) is -0.0613. The van der Waals surface area contributed by atoms with Crippen molar-refractivity contribution < 1.29 is 23.1 Å². The molecular weight excluding hydrogens is 284 g/mol. The maximum Gasteiger partial charge on any atom is 0.335 e. The quantitative estimate of drug-likeness (QED) is 0.681. The molecule has 0 aliphatic heterocycles. The Kier molecular flexibility index (Phi) is 5.23. The van der Waals surface area contributed by atoms with E-state index in [1.165, 1.54) is 19.1 Å². The lowest BCUT2D eigenvalue weighted by Gasteiger charge is -2.12. The van der Waals surface area contributed by atoms with Crippen LogP contribution in [0.3, 0.4) is 0 Å². The van der Waals surface area contributed by atoms with E-state index >= 15 is 0 Å². The minimum Gasteiger partial charge on any atom is -0.478 e. The number of benzene rings is 1. The number of carboxylic acid groups (broad SMARTS) is 1. The van der Waals surface area contributed by atoms with Crippen LogP contribution in [-0.2, 0) is 21.4 Å². The van der Waals surface area contributed by atoms with Gasteiger partial charge in [0.1, 0.15) is 0 Å². The zero-order valence-electron chi connectivity index (χ0n) is 11.1. The zero-order chi connectivity index (χ0) is 15.3. The molecule has 1 amide bonds. The second kappa shape index (κ2) is 6.49. The Morgan fingerprint density at radius 3 is 2.25 bits per heavy atom. The molecule has 20 heavy (non-hydrogen) atoms. The van der Waals surface area contributed by atoms with Crippen LogP contribution in [0.15, 0.2) is 24.3 Å². The Hall–Kier alpha value is -1.93. The Bertz CT molecular complexity index is 595. The van der Waals surface area contributed by atoms with Gasteiger partial charge in [0.15, 0.2) is 0 Å². The number of carboxylic acids is 1. The van der Waals surface area contributed by atoms with Crippen LogP contribution in [0.5, 0.6) is 0 Å². The molecule has 0 saturated heterocycles. The highest BCUT2D eigenvalue weighted by Gasteiger charge is 2.16. The molecular formula is C12H16N2O5S. The Morgan fingerprint density at radius 1 is 1.25 bits per heavy atom. The molecule has 0 aromatic heterocycles. The van der Waals surface area contributed by atoms with E-state index in [0.29, 0.717) is 0 Å². The van der Waals surface area contributed by atoms with Crippen LogP contribution >= 0.6 is 0 Å². The number of rotatable bonds is 6. The van der Waals surface area contributed by atoms with Crippen LogP contribution in [0.1, 0.15) is 22.8 Å². The van der Waals surface area contributed by atoms with Crippen molar-refractivity contribution >= 4 is 21.9 Å². The molecule has 0 aliphatic rings. The molecule has 1 rings (SSSR count). The molecule has 0 saturated carbocycles. The summed E-state index contributed by atoms with van der Waals surface area (Å²) in [4.78, 5) is 22.3. The molecule has 1 aromatic rings. The van der Waals surface area contributed by atoms with Crippen LogP contribution in [0, 0.1) is 0 Å². The largest absolute Gasteiger partial charge is 0.478 e. The third kappa shape index (κ3) is 5.37. The zero-order valence-corrected chi connectivity index (χ0v) is 11.9. The summed E-state index contributed by atoms with van der Waals surface area (Å²) in [5.41, 5.74) is 0.877. The average molecular weight is 300 g/mol. The highest BCUT2D eigenvalue weighted by Crippen LogP contribution is 2.04. The van der Waals surface area contributed by atoms with Crippen LogP contribution in [0.25, 0.3) is 0 Å². The highest BCUT2D eigenvalue weighted by atomic mass is 32.2. The molecule has 3 N–H and O–H groups in total. The molecule has 0 spiro atoms. The highest BCUT2D eigenvalue weighted by molar-refractivity contribution is 7.88. The van der Waals surface area contributed by atoms with Crippen molar-refractivity contribution in [1.29, 1.82) is 0 Å². The van der Waals surface area contributed by atoms with Gasteiger partial charge in [0.05, 0.1) is 17.9 Å². The van der Waals surface area contributed by atoms with Gasteiger partial charge in [-0.05, 0) is 24.6 Å². The van der Waals surface area contributed by atoms with Crippen LogP contribution in [-0.4, -0.2) is 37.7 Å². The lowest BCUT2D eigenvalue weighted by Crippen LogP contribution is -2.44. The van der Waals surface area contributed by atoms with Gasteiger partial charge in [-0.25, -0.2) is 17.9 Å². The molecule has 8 heteroatoms. The summed E-state index contributed by atoms with van der Waals surface area (Å²) in [6.45, 7) is 1.62. The van der Waals surface area contributed by atoms with Gasteiger partial charge in [0, 0.05) is 6.54 Å². The summed E-state index contributed by atoms with van der Waals surface area (Å²) in [5.74, 6) is -1.48.